The predicted molar refractivity (Wildman–Crippen MR) is 133 cm³/mol. The summed E-state index contributed by atoms with van der Waals surface area (Å²) < 4.78 is 56.7. The Bertz CT molecular complexity index is 1530. The number of primary amides is 1. The van der Waals surface area contributed by atoms with E-state index in [9.17, 15) is 27.2 Å². The molecule has 196 valence electrons. The van der Waals surface area contributed by atoms with Gasteiger partial charge in [0.05, 0.1) is 22.1 Å². The molecule has 0 aromatic carbocycles. The lowest BCUT2D eigenvalue weighted by Crippen LogP contribution is -2.22. The summed E-state index contributed by atoms with van der Waals surface area (Å²) in [6, 6.07) is 1.19. The van der Waals surface area contributed by atoms with Crippen molar-refractivity contribution in [2.75, 3.05) is 5.32 Å². The van der Waals surface area contributed by atoms with Gasteiger partial charge in [-0.25, -0.2) is 22.5 Å². The number of halogens is 5. The van der Waals surface area contributed by atoms with Crippen molar-refractivity contribution in [3.05, 3.63) is 44.4 Å². The topological polar surface area (TPSA) is 121 Å². The van der Waals surface area contributed by atoms with Crippen molar-refractivity contribution < 1.29 is 27.2 Å². The Morgan fingerprint density at radius 3 is 2.38 bits per heavy atom. The maximum Gasteiger partial charge on any atom is 0.283 e. The van der Waals surface area contributed by atoms with Gasteiger partial charge in [0.2, 0.25) is 5.91 Å². The summed E-state index contributed by atoms with van der Waals surface area (Å²) in [5, 5.41) is 10.9. The van der Waals surface area contributed by atoms with Gasteiger partial charge in [0.25, 0.3) is 18.8 Å². The third-order valence-corrected chi connectivity index (χ3v) is 7.82. The Labute approximate surface area is 219 Å². The molecule has 2 amide bonds. The number of hydrogen-bond donors (Lipinski definition) is 2. The second-order valence-electron chi connectivity index (χ2n) is 8.00. The van der Waals surface area contributed by atoms with Crippen molar-refractivity contribution in [1.82, 2.24) is 24.5 Å². The quantitative estimate of drug-likeness (QED) is 0.263. The van der Waals surface area contributed by atoms with Crippen LogP contribution in [0.15, 0.2) is 16.7 Å². The maximum atomic E-state index is 13.7. The fraction of sp³-hybridized carbons (Fsp3) is 0.318. The van der Waals surface area contributed by atoms with Crippen molar-refractivity contribution >= 4 is 55.0 Å². The van der Waals surface area contributed by atoms with Crippen molar-refractivity contribution in [2.24, 2.45) is 5.73 Å². The number of nitrogens with zero attached hydrogens (tertiary/aromatic N) is 5. The van der Waals surface area contributed by atoms with Crippen LogP contribution in [0.4, 0.5) is 23.2 Å². The van der Waals surface area contributed by atoms with Gasteiger partial charge < -0.3 is 11.1 Å². The van der Waals surface area contributed by atoms with Gasteiger partial charge in [0, 0.05) is 23.2 Å². The number of rotatable bonds is 8. The van der Waals surface area contributed by atoms with Crippen LogP contribution >= 0.6 is 27.3 Å². The van der Waals surface area contributed by atoms with E-state index in [1.807, 2.05) is 6.92 Å². The van der Waals surface area contributed by atoms with Gasteiger partial charge in [-0.2, -0.15) is 10.2 Å². The average molecular weight is 602 g/mol. The molecule has 0 radical (unpaired) electrons. The third kappa shape index (κ3) is 4.84. The van der Waals surface area contributed by atoms with Crippen LogP contribution in [0.3, 0.4) is 0 Å². The molecule has 4 rings (SSSR count). The largest absolute Gasteiger partial charge is 0.365 e. The number of aryl methyl sites for hydroxylation is 1. The van der Waals surface area contributed by atoms with E-state index in [1.165, 1.54) is 19.2 Å². The number of fused-ring (bicyclic) bond motifs is 1. The Morgan fingerprint density at radius 1 is 1.14 bits per heavy atom. The van der Waals surface area contributed by atoms with Crippen LogP contribution in [0, 0.1) is 13.8 Å². The molecule has 9 nitrogen and oxygen atoms in total. The highest BCUT2D eigenvalue weighted by Crippen LogP contribution is 2.43. The Hall–Kier alpha value is -3.33. The lowest BCUT2D eigenvalue weighted by Gasteiger charge is -2.11. The molecule has 0 aliphatic rings. The zero-order valence-electron chi connectivity index (χ0n) is 19.7. The smallest absolute Gasteiger partial charge is 0.283 e. The minimum Gasteiger partial charge on any atom is -0.365 e. The van der Waals surface area contributed by atoms with Gasteiger partial charge in [-0.15, -0.1) is 11.3 Å². The van der Waals surface area contributed by atoms with Gasteiger partial charge in [-0.3, -0.25) is 19.0 Å². The van der Waals surface area contributed by atoms with Crippen molar-refractivity contribution in [3.8, 4) is 11.1 Å². The van der Waals surface area contributed by atoms with E-state index < -0.39 is 42.6 Å². The summed E-state index contributed by atoms with van der Waals surface area (Å²) in [4.78, 5) is 29.2. The second-order valence-corrected chi connectivity index (χ2v) is 9.79. The minimum atomic E-state index is -2.90. The number of anilines is 1. The van der Waals surface area contributed by atoms with E-state index in [2.05, 4.69) is 36.4 Å². The first kappa shape index (κ1) is 26.7. The van der Waals surface area contributed by atoms with Crippen LogP contribution in [0.25, 0.3) is 21.3 Å². The molecule has 0 saturated carbocycles. The highest BCUT2D eigenvalue weighted by molar-refractivity contribution is 9.10. The number of carbonyl (C=O) groups is 2. The molecule has 37 heavy (non-hydrogen) atoms. The predicted octanol–water partition coefficient (Wildman–Crippen LogP) is 5.37. The Kier molecular flexibility index (Phi) is 7.37. The van der Waals surface area contributed by atoms with E-state index in [-0.39, 0.29) is 30.8 Å². The van der Waals surface area contributed by atoms with E-state index in [0.717, 1.165) is 16.0 Å². The first-order valence-electron chi connectivity index (χ1n) is 10.8. The van der Waals surface area contributed by atoms with Crippen LogP contribution in [0.2, 0.25) is 0 Å². The van der Waals surface area contributed by atoms with Gasteiger partial charge >= 0.3 is 0 Å². The summed E-state index contributed by atoms with van der Waals surface area (Å²) in [5.74, 6) is -1.60. The molecule has 0 aliphatic carbocycles. The van der Waals surface area contributed by atoms with E-state index >= 15 is 0 Å². The molecule has 0 spiro atoms. The molecule has 4 aromatic rings. The zero-order valence-corrected chi connectivity index (χ0v) is 22.1. The minimum absolute atomic E-state index is 0.0116. The summed E-state index contributed by atoms with van der Waals surface area (Å²) in [5.41, 5.74) is 6.27. The summed E-state index contributed by atoms with van der Waals surface area (Å²) in [6.07, 6.45) is -4.25. The molecule has 4 aromatic heterocycles. The summed E-state index contributed by atoms with van der Waals surface area (Å²) >= 11 is 3.81. The molecule has 0 saturated heterocycles. The molecule has 15 heteroatoms. The lowest BCUT2D eigenvalue weighted by atomic mass is 10.0. The van der Waals surface area contributed by atoms with E-state index in [0.29, 0.717) is 23.5 Å². The number of amides is 2. The standard InChI is InChI=1S/C22H20BrF4N7O2S/c1-4-33-8(2)11(6-29-33)10-5-12(19(24)25)30-22-14(10)16(18(37-22)21(28)36)31-13(35)7-34-9(3)15(23)17(32-34)20(26)27/h5-6,19-20H,4,7H2,1-3H3,(H2,28,36)(H,31,35). The van der Waals surface area contributed by atoms with Crippen molar-refractivity contribution in [1.29, 1.82) is 0 Å². The highest BCUT2D eigenvalue weighted by atomic mass is 79.9. The monoisotopic (exact) mass is 601 g/mol. The molecule has 0 atom stereocenters. The zero-order chi connectivity index (χ0) is 27.2. The van der Waals surface area contributed by atoms with Gasteiger partial charge in [-0.1, -0.05) is 0 Å². The maximum absolute atomic E-state index is 13.7. The highest BCUT2D eigenvalue weighted by Gasteiger charge is 2.27. The van der Waals surface area contributed by atoms with E-state index in [1.54, 1.807) is 11.6 Å². The fourth-order valence-electron chi connectivity index (χ4n) is 3.92. The van der Waals surface area contributed by atoms with Crippen molar-refractivity contribution in [3.63, 3.8) is 0 Å². The molecule has 0 aliphatic heterocycles. The van der Waals surface area contributed by atoms with Crippen LogP contribution in [-0.2, 0) is 17.9 Å². The number of nitrogens with two attached hydrogens (primary N) is 1. The van der Waals surface area contributed by atoms with Gasteiger partial charge in [-0.05, 0) is 48.3 Å². The first-order chi connectivity index (χ1) is 17.4. The number of alkyl halides is 4. The number of aromatic nitrogens is 5. The molecular formula is C22H20BrF4N7O2S. The SMILES string of the molecule is CCn1ncc(-c2cc(C(F)F)nc3sc(C(N)=O)c(NC(=O)Cn4nc(C(F)F)c(Br)c4C)c23)c1C. The normalized spacial score (nSPS) is 11.7. The van der Waals surface area contributed by atoms with Crippen LogP contribution in [-0.4, -0.2) is 36.4 Å². The Morgan fingerprint density at radius 2 is 1.84 bits per heavy atom. The number of thiophene rings is 1. The molecule has 0 fully saturated rings. The summed E-state index contributed by atoms with van der Waals surface area (Å²) in [6.45, 7) is 5.21. The van der Waals surface area contributed by atoms with Crippen LogP contribution in [0.5, 0.6) is 0 Å². The van der Waals surface area contributed by atoms with Crippen LogP contribution < -0.4 is 11.1 Å². The van der Waals surface area contributed by atoms with Crippen molar-refractivity contribution in [2.45, 2.75) is 46.7 Å². The van der Waals surface area contributed by atoms with E-state index in [4.69, 9.17) is 5.73 Å². The number of carbonyl (C=O) groups excluding carboxylic acids is 2. The molecule has 4 heterocycles. The first-order valence-corrected chi connectivity index (χ1v) is 12.4. The number of nitrogens with one attached hydrogen (secondary N) is 1. The van der Waals surface area contributed by atoms with Gasteiger partial charge in [0.15, 0.2) is 0 Å². The number of pyridine rings is 1. The lowest BCUT2D eigenvalue weighted by molar-refractivity contribution is -0.116. The molecular weight excluding hydrogens is 582 g/mol. The van der Waals surface area contributed by atoms with Gasteiger partial charge in [0.1, 0.15) is 27.6 Å². The Balaban J connectivity index is 1.86. The third-order valence-electron chi connectivity index (χ3n) is 5.74. The number of hydrogen-bond acceptors (Lipinski definition) is 6. The second kappa shape index (κ2) is 10.2. The average Bonchev–Trinajstić information content (AvgIpc) is 3.48. The van der Waals surface area contributed by atoms with Crippen LogP contribution in [0.1, 0.15) is 52.2 Å². The molecule has 0 unspecified atom stereocenters. The fourth-order valence-corrected chi connectivity index (χ4v) is 5.39. The molecule has 3 N–H and O–H groups in total. The summed E-state index contributed by atoms with van der Waals surface area (Å²) in [7, 11) is 0. The molecule has 0 bridgehead atoms.